The van der Waals surface area contributed by atoms with Gasteiger partial charge in [-0.05, 0) is 61.4 Å². The van der Waals surface area contributed by atoms with Crippen molar-refractivity contribution in [3.63, 3.8) is 0 Å². The lowest BCUT2D eigenvalue weighted by atomic mass is 9.91. The number of piperidine rings is 1. The Labute approximate surface area is 175 Å². The predicted octanol–water partition coefficient (Wildman–Crippen LogP) is 3.44. The van der Waals surface area contributed by atoms with Crippen LogP contribution in [0.2, 0.25) is 0 Å². The van der Waals surface area contributed by atoms with Crippen LogP contribution in [0.4, 0.5) is 4.39 Å². The van der Waals surface area contributed by atoms with Gasteiger partial charge in [0.05, 0.1) is 13.2 Å². The molecule has 3 aromatic rings. The number of benzene rings is 1. The Hall–Kier alpha value is -3.19. The summed E-state index contributed by atoms with van der Waals surface area (Å²) in [5.41, 5.74) is 2.60. The maximum atomic E-state index is 14.6. The number of nitrogens with one attached hydrogen (secondary N) is 2. The zero-order valence-electron chi connectivity index (χ0n) is 17.1. The molecule has 2 atom stereocenters. The van der Waals surface area contributed by atoms with Gasteiger partial charge in [-0.2, -0.15) is 0 Å². The average molecular weight is 408 g/mol. The Balaban J connectivity index is 1.55. The largest absolute Gasteiger partial charge is 0.497 e. The Morgan fingerprint density at radius 1 is 1.30 bits per heavy atom. The number of aryl methyl sites for hydroxylation is 1. The fourth-order valence-corrected chi connectivity index (χ4v) is 3.87. The van der Waals surface area contributed by atoms with Gasteiger partial charge in [0.25, 0.3) is 0 Å². The van der Waals surface area contributed by atoms with E-state index in [1.165, 1.54) is 6.07 Å². The summed E-state index contributed by atoms with van der Waals surface area (Å²) in [5.74, 6) is 0.975. The summed E-state index contributed by atoms with van der Waals surface area (Å²) in [6, 6.07) is 12.0. The molecule has 1 aliphatic rings. The second-order valence-electron chi connectivity index (χ2n) is 7.52. The zero-order chi connectivity index (χ0) is 21.1. The van der Waals surface area contributed by atoms with Crippen LogP contribution in [0.15, 0.2) is 54.9 Å². The highest BCUT2D eigenvalue weighted by atomic mass is 19.1. The first kappa shape index (κ1) is 20.1. The Bertz CT molecular complexity index is 1050. The topological polar surface area (TPSA) is 68.2 Å². The molecule has 4 rings (SSSR count). The van der Waals surface area contributed by atoms with E-state index >= 15 is 0 Å². The van der Waals surface area contributed by atoms with Crippen molar-refractivity contribution >= 4 is 5.91 Å². The van der Waals surface area contributed by atoms with Gasteiger partial charge >= 0.3 is 0 Å². The minimum absolute atomic E-state index is 0.0763. The minimum Gasteiger partial charge on any atom is -0.497 e. The molecule has 7 heteroatoms. The van der Waals surface area contributed by atoms with Gasteiger partial charge in [0, 0.05) is 42.7 Å². The standard InChI is InChI=1S/C23H25FN4O2/c1-15-9-10-25-21(12-15)28-11-3-4-16(28)14-26-20-7-8-22(29)27-23(20)18-13-17(30-2)5-6-19(18)24/h3-6,9-13,20,23,26H,7-8,14H2,1-2H3,(H,27,29)/t20-,23+/m1/s1. The van der Waals surface area contributed by atoms with Crippen molar-refractivity contribution < 1.29 is 13.9 Å². The highest BCUT2D eigenvalue weighted by Crippen LogP contribution is 2.29. The molecule has 3 heterocycles. The normalized spacial score (nSPS) is 18.8. The van der Waals surface area contributed by atoms with Crippen molar-refractivity contribution in [2.45, 2.75) is 38.4 Å². The summed E-state index contributed by atoms with van der Waals surface area (Å²) in [6.07, 6.45) is 4.79. The van der Waals surface area contributed by atoms with E-state index in [4.69, 9.17) is 4.74 Å². The number of aromatic nitrogens is 2. The molecule has 6 nitrogen and oxygen atoms in total. The lowest BCUT2D eigenvalue weighted by Gasteiger charge is -2.33. The molecule has 1 fully saturated rings. The third-order valence-corrected chi connectivity index (χ3v) is 5.47. The molecule has 0 bridgehead atoms. The van der Waals surface area contributed by atoms with Gasteiger partial charge in [-0.3, -0.25) is 4.79 Å². The van der Waals surface area contributed by atoms with E-state index < -0.39 is 6.04 Å². The summed E-state index contributed by atoms with van der Waals surface area (Å²) in [7, 11) is 1.54. The van der Waals surface area contributed by atoms with E-state index in [0.717, 1.165) is 17.1 Å². The second kappa shape index (κ2) is 8.67. The van der Waals surface area contributed by atoms with E-state index in [0.29, 0.717) is 30.7 Å². The number of nitrogens with zero attached hydrogens (tertiary/aromatic N) is 2. The van der Waals surface area contributed by atoms with E-state index in [9.17, 15) is 9.18 Å². The van der Waals surface area contributed by atoms with Crippen molar-refractivity contribution in [1.29, 1.82) is 0 Å². The lowest BCUT2D eigenvalue weighted by molar-refractivity contribution is -0.123. The molecule has 0 radical (unpaired) electrons. The minimum atomic E-state index is -0.471. The molecule has 1 amide bonds. The first-order valence-corrected chi connectivity index (χ1v) is 10.0. The number of pyridine rings is 1. The molecule has 1 aliphatic heterocycles. The maximum Gasteiger partial charge on any atom is 0.220 e. The predicted molar refractivity (Wildman–Crippen MR) is 112 cm³/mol. The first-order valence-electron chi connectivity index (χ1n) is 10.0. The Morgan fingerprint density at radius 2 is 2.17 bits per heavy atom. The SMILES string of the molecule is COc1ccc(F)c([C@@H]2NC(=O)CC[C@H]2NCc2cccn2-c2cc(C)ccn2)c1. The highest BCUT2D eigenvalue weighted by molar-refractivity contribution is 5.77. The average Bonchev–Trinajstić information content (AvgIpc) is 3.22. The molecule has 1 saturated heterocycles. The number of carbonyl (C=O) groups excluding carboxylic acids is 1. The van der Waals surface area contributed by atoms with Crippen LogP contribution in [0.5, 0.6) is 5.75 Å². The number of methoxy groups -OCH3 is 1. The number of amides is 1. The van der Waals surface area contributed by atoms with Crippen molar-refractivity contribution in [3.05, 3.63) is 77.5 Å². The van der Waals surface area contributed by atoms with E-state index in [2.05, 4.69) is 15.6 Å². The van der Waals surface area contributed by atoms with Crippen molar-refractivity contribution in [2.75, 3.05) is 7.11 Å². The number of ether oxygens (including phenoxy) is 1. The van der Waals surface area contributed by atoms with Crippen LogP contribution in [0.3, 0.4) is 0 Å². The van der Waals surface area contributed by atoms with Crippen molar-refractivity contribution in [1.82, 2.24) is 20.2 Å². The molecule has 30 heavy (non-hydrogen) atoms. The first-order chi connectivity index (χ1) is 14.5. The number of carbonyl (C=O) groups is 1. The summed E-state index contributed by atoms with van der Waals surface area (Å²) in [4.78, 5) is 16.5. The summed E-state index contributed by atoms with van der Waals surface area (Å²) < 4.78 is 21.9. The lowest BCUT2D eigenvalue weighted by Crippen LogP contribution is -2.48. The van der Waals surface area contributed by atoms with Crippen molar-refractivity contribution in [3.8, 4) is 11.6 Å². The van der Waals surface area contributed by atoms with Crippen molar-refractivity contribution in [2.24, 2.45) is 0 Å². The summed E-state index contributed by atoms with van der Waals surface area (Å²) >= 11 is 0. The van der Waals surface area contributed by atoms with Gasteiger partial charge in [-0.15, -0.1) is 0 Å². The molecule has 2 N–H and O–H groups in total. The molecular weight excluding hydrogens is 383 g/mol. The van der Waals surface area contributed by atoms with E-state index in [1.54, 1.807) is 25.4 Å². The van der Waals surface area contributed by atoms with Gasteiger partial charge in [-0.25, -0.2) is 9.37 Å². The zero-order valence-corrected chi connectivity index (χ0v) is 17.1. The van der Waals surface area contributed by atoms with Gasteiger partial charge in [-0.1, -0.05) is 0 Å². The van der Waals surface area contributed by atoms with Crippen LogP contribution in [0, 0.1) is 12.7 Å². The molecule has 1 aromatic carbocycles. The number of hydrogen-bond donors (Lipinski definition) is 2. The third kappa shape index (κ3) is 4.21. The van der Waals surface area contributed by atoms with Gasteiger partial charge in [0.15, 0.2) is 0 Å². The van der Waals surface area contributed by atoms with Gasteiger partial charge in [0.1, 0.15) is 17.4 Å². The Kier molecular flexibility index (Phi) is 5.81. The molecule has 2 aromatic heterocycles. The Morgan fingerprint density at radius 3 is 2.97 bits per heavy atom. The molecule has 0 spiro atoms. The number of hydrogen-bond acceptors (Lipinski definition) is 4. The van der Waals surface area contributed by atoms with E-state index in [-0.39, 0.29) is 17.8 Å². The molecular formula is C23H25FN4O2. The molecule has 156 valence electrons. The number of rotatable bonds is 6. The quantitative estimate of drug-likeness (QED) is 0.656. The monoisotopic (exact) mass is 408 g/mol. The fraction of sp³-hybridized carbons (Fsp3) is 0.304. The van der Waals surface area contributed by atoms with Gasteiger partial charge < -0.3 is 19.9 Å². The van der Waals surface area contributed by atoms with Crippen LogP contribution in [-0.2, 0) is 11.3 Å². The van der Waals surface area contributed by atoms with Crippen LogP contribution in [0.25, 0.3) is 5.82 Å². The van der Waals surface area contributed by atoms with Crippen LogP contribution < -0.4 is 15.4 Å². The highest BCUT2D eigenvalue weighted by Gasteiger charge is 2.31. The summed E-state index contributed by atoms with van der Waals surface area (Å²) in [6.45, 7) is 2.59. The van der Waals surface area contributed by atoms with Crippen LogP contribution in [0.1, 0.15) is 35.7 Å². The summed E-state index contributed by atoms with van der Waals surface area (Å²) in [5, 5.41) is 6.45. The third-order valence-electron chi connectivity index (χ3n) is 5.47. The molecule has 0 aliphatic carbocycles. The second-order valence-corrected chi connectivity index (χ2v) is 7.52. The maximum absolute atomic E-state index is 14.6. The van der Waals surface area contributed by atoms with Gasteiger partial charge in [0.2, 0.25) is 5.91 Å². The molecule has 0 saturated carbocycles. The van der Waals surface area contributed by atoms with Crippen LogP contribution >= 0.6 is 0 Å². The fourth-order valence-electron chi connectivity index (χ4n) is 3.87. The van der Waals surface area contributed by atoms with E-state index in [1.807, 2.05) is 42.0 Å². The molecule has 0 unspecified atom stereocenters. The number of halogens is 1. The van der Waals surface area contributed by atoms with Crippen LogP contribution in [-0.4, -0.2) is 28.6 Å². The smallest absolute Gasteiger partial charge is 0.220 e.